The Kier molecular flexibility index (Phi) is 11.8. The van der Waals surface area contributed by atoms with E-state index < -0.39 is 35.6 Å². The number of nitrogens with one attached hydrogen (secondary N) is 3. The number of aromatic nitrogens is 2. The SMILES string of the molecule is CCC(=O)N[C@@H](C(=O)N1CCN(C)C(C)(C)C1)[C@@H](C)c1ccc(NC(=O)[C@@H](NC(=O)c2nonc2CC)C2CCC(C)CC2)c(F)c1. The number of benzene rings is 1. The Bertz CT molecular complexity index is 1440. The molecule has 1 saturated heterocycles. The normalized spacial score (nSPS) is 21.7. The van der Waals surface area contributed by atoms with E-state index in [1.54, 1.807) is 24.8 Å². The Balaban J connectivity index is 1.53. The van der Waals surface area contributed by atoms with Gasteiger partial charge in [0.25, 0.3) is 5.91 Å². The minimum Gasteiger partial charge on any atom is -0.344 e. The van der Waals surface area contributed by atoms with Crippen LogP contribution in [0.15, 0.2) is 22.8 Å². The van der Waals surface area contributed by atoms with Gasteiger partial charge in [0.15, 0.2) is 5.69 Å². The highest BCUT2D eigenvalue weighted by atomic mass is 19.1. The monoisotopic (exact) mass is 655 g/mol. The van der Waals surface area contributed by atoms with Crippen LogP contribution in [-0.2, 0) is 20.8 Å². The minimum atomic E-state index is -0.923. The highest BCUT2D eigenvalue weighted by molar-refractivity contribution is 6.01. The molecule has 2 heterocycles. The molecule has 1 aromatic heterocycles. The second-order valence-corrected chi connectivity index (χ2v) is 13.8. The van der Waals surface area contributed by atoms with Crippen LogP contribution in [-0.4, -0.2) is 88.0 Å². The van der Waals surface area contributed by atoms with E-state index >= 15 is 4.39 Å². The van der Waals surface area contributed by atoms with Crippen molar-refractivity contribution in [2.75, 3.05) is 32.0 Å². The highest BCUT2D eigenvalue weighted by Gasteiger charge is 2.39. The van der Waals surface area contributed by atoms with Gasteiger partial charge in [-0.2, -0.15) is 0 Å². The number of anilines is 1. The first-order chi connectivity index (χ1) is 22.2. The number of piperazine rings is 1. The van der Waals surface area contributed by atoms with E-state index in [4.69, 9.17) is 4.63 Å². The van der Waals surface area contributed by atoms with Crippen LogP contribution in [0.1, 0.15) is 101 Å². The number of halogens is 1. The van der Waals surface area contributed by atoms with Gasteiger partial charge in [-0.3, -0.25) is 24.1 Å². The van der Waals surface area contributed by atoms with Gasteiger partial charge in [-0.25, -0.2) is 9.02 Å². The molecule has 0 bridgehead atoms. The first-order valence-corrected chi connectivity index (χ1v) is 16.8. The van der Waals surface area contributed by atoms with Gasteiger partial charge in [0.05, 0.1) is 5.69 Å². The van der Waals surface area contributed by atoms with Gasteiger partial charge in [-0.15, -0.1) is 0 Å². The number of amides is 4. The van der Waals surface area contributed by atoms with E-state index in [9.17, 15) is 19.2 Å². The van der Waals surface area contributed by atoms with Crippen LogP contribution in [0, 0.1) is 17.7 Å². The molecular weight excluding hydrogens is 605 g/mol. The summed E-state index contributed by atoms with van der Waals surface area (Å²) < 4.78 is 20.4. The van der Waals surface area contributed by atoms with Gasteiger partial charge in [0.1, 0.15) is 23.6 Å². The molecule has 0 unspecified atom stereocenters. The number of hydrogen-bond acceptors (Lipinski definition) is 8. The van der Waals surface area contributed by atoms with E-state index in [2.05, 4.69) is 51.9 Å². The quantitative estimate of drug-likeness (QED) is 0.330. The predicted molar refractivity (Wildman–Crippen MR) is 175 cm³/mol. The topological polar surface area (TPSA) is 150 Å². The fourth-order valence-electron chi connectivity index (χ4n) is 6.46. The molecule has 1 aliphatic carbocycles. The van der Waals surface area contributed by atoms with Crippen molar-refractivity contribution in [1.82, 2.24) is 30.7 Å². The number of likely N-dealkylation sites (N-methyl/N-ethyl adjacent to an activating group) is 1. The molecule has 2 aliphatic rings. The molecule has 0 radical (unpaired) electrons. The molecule has 4 amide bonds. The van der Waals surface area contributed by atoms with Crippen LogP contribution >= 0.6 is 0 Å². The first-order valence-electron chi connectivity index (χ1n) is 16.8. The lowest BCUT2D eigenvalue weighted by Crippen LogP contribution is -2.62. The number of carbonyl (C=O) groups is 4. The van der Waals surface area contributed by atoms with E-state index in [0.717, 1.165) is 25.7 Å². The first kappa shape index (κ1) is 36.0. The summed E-state index contributed by atoms with van der Waals surface area (Å²) in [6.07, 6.45) is 3.93. The third kappa shape index (κ3) is 8.54. The van der Waals surface area contributed by atoms with E-state index in [-0.39, 0.29) is 41.1 Å². The Morgan fingerprint density at radius 2 is 1.77 bits per heavy atom. The van der Waals surface area contributed by atoms with Crippen LogP contribution in [0.2, 0.25) is 0 Å². The van der Waals surface area contributed by atoms with Gasteiger partial charge >= 0.3 is 0 Å². The summed E-state index contributed by atoms with van der Waals surface area (Å²) in [6, 6.07) is 2.58. The van der Waals surface area contributed by atoms with E-state index in [1.807, 2.05) is 14.0 Å². The molecule has 4 rings (SSSR count). The van der Waals surface area contributed by atoms with Crippen molar-refractivity contribution in [3.63, 3.8) is 0 Å². The van der Waals surface area contributed by atoms with Gasteiger partial charge in [0, 0.05) is 37.5 Å². The maximum Gasteiger partial charge on any atom is 0.276 e. The van der Waals surface area contributed by atoms with Crippen molar-refractivity contribution in [2.24, 2.45) is 11.8 Å². The van der Waals surface area contributed by atoms with Crippen LogP contribution in [0.4, 0.5) is 10.1 Å². The average molecular weight is 656 g/mol. The predicted octanol–water partition coefficient (Wildman–Crippen LogP) is 3.89. The van der Waals surface area contributed by atoms with Crippen LogP contribution in [0.5, 0.6) is 0 Å². The van der Waals surface area contributed by atoms with Crippen LogP contribution in [0.25, 0.3) is 0 Å². The molecule has 47 heavy (non-hydrogen) atoms. The highest BCUT2D eigenvalue weighted by Crippen LogP contribution is 2.32. The molecule has 3 atom stereocenters. The maximum absolute atomic E-state index is 15.7. The van der Waals surface area contributed by atoms with Crippen LogP contribution < -0.4 is 16.0 Å². The molecule has 1 aliphatic heterocycles. The lowest BCUT2D eigenvalue weighted by molar-refractivity contribution is -0.140. The molecule has 3 N–H and O–H groups in total. The number of nitrogens with zero attached hydrogens (tertiary/aromatic N) is 4. The van der Waals surface area contributed by atoms with Crippen molar-refractivity contribution in [1.29, 1.82) is 0 Å². The summed E-state index contributed by atoms with van der Waals surface area (Å²) in [5.41, 5.74) is 0.629. The fraction of sp³-hybridized carbons (Fsp3) is 0.647. The van der Waals surface area contributed by atoms with Crippen molar-refractivity contribution in [3.05, 3.63) is 41.0 Å². The smallest absolute Gasteiger partial charge is 0.276 e. The summed E-state index contributed by atoms with van der Waals surface area (Å²) in [5, 5.41) is 15.9. The van der Waals surface area contributed by atoms with Gasteiger partial charge in [-0.05, 0) is 74.8 Å². The lowest BCUT2D eigenvalue weighted by Gasteiger charge is -2.46. The standard InChI is InChI=1S/C34H50FN7O5/c1-8-25-30(40-47-39-25)32(45)38-29(22-12-10-20(3)11-13-22)31(44)36-26-15-14-23(18-24(26)35)21(4)28(37-27(43)9-2)33(46)42-17-16-41(7)34(5,6)19-42/h14-15,18,20-22,28-29H,8-13,16-17,19H2,1-7H3,(H,36,44)(H,37,43)(H,38,45)/t20?,21-,22?,28+,29-/m0/s1. The average Bonchev–Trinajstić information content (AvgIpc) is 3.53. The van der Waals surface area contributed by atoms with Crippen LogP contribution in [0.3, 0.4) is 0 Å². The number of hydrogen-bond donors (Lipinski definition) is 3. The van der Waals surface area contributed by atoms with Gasteiger partial charge in [0.2, 0.25) is 17.7 Å². The Morgan fingerprint density at radius 1 is 1.06 bits per heavy atom. The molecule has 12 nitrogen and oxygen atoms in total. The van der Waals surface area contributed by atoms with Gasteiger partial charge in [-0.1, -0.05) is 51.8 Å². The molecule has 258 valence electrons. The van der Waals surface area contributed by atoms with Crippen molar-refractivity contribution < 1.29 is 28.2 Å². The second-order valence-electron chi connectivity index (χ2n) is 13.8. The Morgan fingerprint density at radius 3 is 2.38 bits per heavy atom. The summed E-state index contributed by atoms with van der Waals surface area (Å²) in [5.74, 6) is -2.46. The number of rotatable bonds is 11. The molecule has 1 saturated carbocycles. The molecule has 2 fully saturated rings. The van der Waals surface area contributed by atoms with Crippen molar-refractivity contribution >= 4 is 29.3 Å². The van der Waals surface area contributed by atoms with Crippen molar-refractivity contribution in [3.8, 4) is 0 Å². The lowest BCUT2D eigenvalue weighted by atomic mass is 9.79. The third-order valence-corrected chi connectivity index (χ3v) is 10.0. The fourth-order valence-corrected chi connectivity index (χ4v) is 6.46. The number of aryl methyl sites for hydroxylation is 1. The molecule has 0 spiro atoms. The Labute approximate surface area is 276 Å². The van der Waals surface area contributed by atoms with Gasteiger partial charge < -0.3 is 20.9 Å². The summed E-state index contributed by atoms with van der Waals surface area (Å²) in [7, 11) is 2.02. The Hall–Kier alpha value is -3.87. The maximum atomic E-state index is 15.7. The zero-order chi connectivity index (χ0) is 34.5. The molecule has 13 heteroatoms. The summed E-state index contributed by atoms with van der Waals surface area (Å²) in [6.45, 7) is 13.3. The van der Waals surface area contributed by atoms with E-state index in [1.165, 1.54) is 12.1 Å². The molecule has 1 aromatic carbocycles. The van der Waals surface area contributed by atoms with E-state index in [0.29, 0.717) is 43.2 Å². The molecule has 2 aromatic rings. The summed E-state index contributed by atoms with van der Waals surface area (Å²) >= 11 is 0. The number of carbonyl (C=O) groups excluding carboxylic acids is 4. The van der Waals surface area contributed by atoms with Crippen molar-refractivity contribution in [2.45, 2.75) is 104 Å². The zero-order valence-corrected chi connectivity index (χ0v) is 28.7. The minimum absolute atomic E-state index is 0.0263. The third-order valence-electron chi connectivity index (χ3n) is 10.0. The summed E-state index contributed by atoms with van der Waals surface area (Å²) in [4.78, 5) is 57.1. The second kappa shape index (κ2) is 15.4. The molecular formula is C34H50FN7O5. The largest absolute Gasteiger partial charge is 0.344 e. The zero-order valence-electron chi connectivity index (χ0n) is 28.7.